The van der Waals surface area contributed by atoms with Crippen LogP contribution < -0.4 is 5.32 Å². The van der Waals surface area contributed by atoms with Crippen molar-refractivity contribution in [2.75, 3.05) is 26.4 Å². The van der Waals surface area contributed by atoms with Gasteiger partial charge in [-0.3, -0.25) is 5.32 Å². The van der Waals surface area contributed by atoms with Crippen molar-refractivity contribution in [3.63, 3.8) is 0 Å². The van der Waals surface area contributed by atoms with Gasteiger partial charge in [-0.1, -0.05) is 0 Å². The molecule has 2 aliphatic rings. The molecular weight excluding hydrogens is 184 g/mol. The normalized spacial score (nSPS) is 33.3. The first-order valence-electron chi connectivity index (χ1n) is 5.03. The Morgan fingerprint density at radius 1 is 1.50 bits per heavy atom. The number of ether oxygens (including phenoxy) is 1. The Bertz CT molecular complexity index is 221. The number of nitrogens with one attached hydrogen (secondary N) is 1. The van der Waals surface area contributed by atoms with E-state index < -0.39 is 6.09 Å². The summed E-state index contributed by atoms with van der Waals surface area (Å²) in [5, 5.41) is 12.2. The summed E-state index contributed by atoms with van der Waals surface area (Å²) in [6, 6.07) is 0. The predicted octanol–water partition coefficient (Wildman–Crippen LogP) is 0.466. The molecule has 2 N–H and O–H groups in total. The van der Waals surface area contributed by atoms with E-state index in [9.17, 15) is 4.79 Å². The van der Waals surface area contributed by atoms with Crippen LogP contribution >= 0.6 is 0 Å². The quantitative estimate of drug-likeness (QED) is 0.596. The summed E-state index contributed by atoms with van der Waals surface area (Å²) >= 11 is 0. The fourth-order valence-electron chi connectivity index (χ4n) is 2.28. The molecule has 14 heavy (non-hydrogen) atoms. The Balaban J connectivity index is 2.01. The summed E-state index contributed by atoms with van der Waals surface area (Å²) in [4.78, 5) is 12.3. The highest BCUT2D eigenvalue weighted by Gasteiger charge is 2.38. The number of carboxylic acid groups (broad SMARTS) is 1. The molecular formula is C9H16N2O3. The van der Waals surface area contributed by atoms with E-state index in [1.165, 1.54) is 4.90 Å². The van der Waals surface area contributed by atoms with Gasteiger partial charge in [0.1, 0.15) is 0 Å². The van der Waals surface area contributed by atoms with E-state index in [4.69, 9.17) is 9.84 Å². The molecule has 0 radical (unpaired) electrons. The van der Waals surface area contributed by atoms with Gasteiger partial charge in [0, 0.05) is 18.6 Å². The second-order valence-corrected chi connectivity index (χ2v) is 4.07. The molecule has 2 rings (SSSR count). The van der Waals surface area contributed by atoms with Gasteiger partial charge in [-0.25, -0.2) is 4.79 Å². The molecule has 1 amide bonds. The van der Waals surface area contributed by atoms with Gasteiger partial charge < -0.3 is 14.7 Å². The second kappa shape index (κ2) is 3.74. The molecule has 0 aromatic rings. The summed E-state index contributed by atoms with van der Waals surface area (Å²) in [5.74, 6) is 0. The van der Waals surface area contributed by atoms with Gasteiger partial charge in [-0.15, -0.1) is 0 Å². The maximum atomic E-state index is 10.8. The third-order valence-electron chi connectivity index (χ3n) is 3.12. The van der Waals surface area contributed by atoms with Gasteiger partial charge >= 0.3 is 6.09 Å². The van der Waals surface area contributed by atoms with Crippen LogP contribution in [0.3, 0.4) is 0 Å². The molecule has 0 saturated carbocycles. The molecule has 2 aliphatic heterocycles. The van der Waals surface area contributed by atoms with E-state index in [0.717, 1.165) is 25.9 Å². The Labute approximate surface area is 83.0 Å². The van der Waals surface area contributed by atoms with Crippen LogP contribution in [0.5, 0.6) is 0 Å². The molecule has 1 atom stereocenters. The third-order valence-corrected chi connectivity index (χ3v) is 3.12. The molecule has 80 valence electrons. The minimum atomic E-state index is -0.808. The standard InChI is InChI=1S/C9H16N2O3/c12-8(13)11-4-1-2-9(6-11)3-5-14-7-10-9/h10H,1-7H2,(H,12,13). The lowest BCUT2D eigenvalue weighted by atomic mass is 9.86. The minimum absolute atomic E-state index is 0.0190. The highest BCUT2D eigenvalue weighted by molar-refractivity contribution is 5.65. The van der Waals surface area contributed by atoms with Crippen LogP contribution in [0, 0.1) is 0 Å². The molecule has 0 aliphatic carbocycles. The van der Waals surface area contributed by atoms with Crippen molar-refractivity contribution in [3.05, 3.63) is 0 Å². The smallest absolute Gasteiger partial charge is 0.407 e. The number of hydrogen-bond donors (Lipinski definition) is 2. The molecule has 0 bridgehead atoms. The first kappa shape index (κ1) is 9.73. The molecule has 2 fully saturated rings. The van der Waals surface area contributed by atoms with Gasteiger partial charge in [0.25, 0.3) is 0 Å². The molecule has 1 unspecified atom stereocenters. The number of carbonyl (C=O) groups is 1. The third kappa shape index (κ3) is 1.83. The first-order chi connectivity index (χ1) is 6.72. The van der Waals surface area contributed by atoms with Crippen LogP contribution in [0.1, 0.15) is 19.3 Å². The van der Waals surface area contributed by atoms with Crippen LogP contribution in [-0.4, -0.2) is 48.1 Å². The molecule has 0 aromatic heterocycles. The highest BCUT2D eigenvalue weighted by Crippen LogP contribution is 2.26. The second-order valence-electron chi connectivity index (χ2n) is 4.07. The Morgan fingerprint density at radius 3 is 3.00 bits per heavy atom. The topological polar surface area (TPSA) is 61.8 Å². The van der Waals surface area contributed by atoms with Crippen molar-refractivity contribution in [2.24, 2.45) is 0 Å². The number of nitrogens with zero attached hydrogens (tertiary/aromatic N) is 1. The number of hydrogen-bond acceptors (Lipinski definition) is 3. The predicted molar refractivity (Wildman–Crippen MR) is 50.1 cm³/mol. The molecule has 2 heterocycles. The molecule has 2 saturated heterocycles. The SMILES string of the molecule is O=C(O)N1CCCC2(CCOCN2)C1. The molecule has 0 aromatic carbocycles. The van der Waals surface area contributed by atoms with E-state index in [2.05, 4.69) is 5.32 Å². The van der Waals surface area contributed by atoms with Gasteiger partial charge in [-0.05, 0) is 19.3 Å². The van der Waals surface area contributed by atoms with E-state index in [0.29, 0.717) is 19.8 Å². The minimum Gasteiger partial charge on any atom is -0.465 e. The summed E-state index contributed by atoms with van der Waals surface area (Å²) in [6.45, 7) is 2.55. The fraction of sp³-hybridized carbons (Fsp3) is 0.889. The van der Waals surface area contributed by atoms with Crippen molar-refractivity contribution >= 4 is 6.09 Å². The van der Waals surface area contributed by atoms with Gasteiger partial charge in [-0.2, -0.15) is 0 Å². The fourth-order valence-corrected chi connectivity index (χ4v) is 2.28. The van der Waals surface area contributed by atoms with E-state index in [1.54, 1.807) is 0 Å². The number of amides is 1. The lowest BCUT2D eigenvalue weighted by Gasteiger charge is -2.44. The van der Waals surface area contributed by atoms with Crippen molar-refractivity contribution in [1.82, 2.24) is 10.2 Å². The summed E-state index contributed by atoms with van der Waals surface area (Å²) in [6.07, 6.45) is 2.10. The van der Waals surface area contributed by atoms with Gasteiger partial charge in [0.15, 0.2) is 0 Å². The molecule has 5 nitrogen and oxygen atoms in total. The van der Waals surface area contributed by atoms with Crippen LogP contribution in [-0.2, 0) is 4.74 Å². The molecule has 5 heteroatoms. The zero-order chi connectivity index (χ0) is 10.0. The van der Waals surface area contributed by atoms with Crippen LogP contribution in [0.25, 0.3) is 0 Å². The highest BCUT2D eigenvalue weighted by atomic mass is 16.5. The average molecular weight is 200 g/mol. The van der Waals surface area contributed by atoms with Crippen molar-refractivity contribution in [2.45, 2.75) is 24.8 Å². The number of piperidine rings is 1. The monoisotopic (exact) mass is 200 g/mol. The first-order valence-corrected chi connectivity index (χ1v) is 5.03. The van der Waals surface area contributed by atoms with Crippen LogP contribution in [0.2, 0.25) is 0 Å². The number of likely N-dealkylation sites (tertiary alicyclic amines) is 1. The van der Waals surface area contributed by atoms with E-state index in [1.807, 2.05) is 0 Å². The summed E-state index contributed by atoms with van der Waals surface area (Å²) in [7, 11) is 0. The van der Waals surface area contributed by atoms with Crippen molar-refractivity contribution < 1.29 is 14.6 Å². The van der Waals surface area contributed by atoms with Gasteiger partial charge in [0.2, 0.25) is 0 Å². The zero-order valence-electron chi connectivity index (χ0n) is 8.16. The summed E-state index contributed by atoms with van der Waals surface area (Å²) < 4.78 is 5.22. The zero-order valence-corrected chi connectivity index (χ0v) is 8.16. The Hall–Kier alpha value is -0.810. The van der Waals surface area contributed by atoms with E-state index in [-0.39, 0.29) is 5.54 Å². The average Bonchev–Trinajstić information content (AvgIpc) is 2.19. The lowest BCUT2D eigenvalue weighted by Crippen LogP contribution is -2.60. The van der Waals surface area contributed by atoms with Crippen LogP contribution in [0.15, 0.2) is 0 Å². The maximum Gasteiger partial charge on any atom is 0.407 e. The maximum absolute atomic E-state index is 10.8. The van der Waals surface area contributed by atoms with Gasteiger partial charge in [0.05, 0.1) is 13.3 Å². The largest absolute Gasteiger partial charge is 0.465 e. The lowest BCUT2D eigenvalue weighted by molar-refractivity contribution is -0.00727. The number of rotatable bonds is 0. The summed E-state index contributed by atoms with van der Waals surface area (Å²) in [5.41, 5.74) is -0.0190. The van der Waals surface area contributed by atoms with E-state index >= 15 is 0 Å². The Kier molecular flexibility index (Phi) is 2.60. The molecule has 1 spiro atoms. The Morgan fingerprint density at radius 2 is 2.36 bits per heavy atom. The van der Waals surface area contributed by atoms with Crippen molar-refractivity contribution in [3.8, 4) is 0 Å². The van der Waals surface area contributed by atoms with Crippen LogP contribution in [0.4, 0.5) is 4.79 Å². The van der Waals surface area contributed by atoms with Crippen molar-refractivity contribution in [1.29, 1.82) is 0 Å².